The van der Waals surface area contributed by atoms with Gasteiger partial charge in [-0.1, -0.05) is 56.2 Å². The molecule has 3 rings (SSSR count). The maximum absolute atomic E-state index is 13.9. The quantitative estimate of drug-likeness (QED) is 0.201. The Bertz CT molecular complexity index is 1200. The Morgan fingerprint density at radius 1 is 0.872 bits per heavy atom. The smallest absolute Gasteiger partial charge is 0.251 e. The molecule has 0 fully saturated rings. The first-order valence-electron chi connectivity index (χ1n) is 13.8. The van der Waals surface area contributed by atoms with Crippen molar-refractivity contribution in [3.8, 4) is 0 Å². The van der Waals surface area contributed by atoms with Gasteiger partial charge in [-0.2, -0.15) is 0 Å². The monoisotopic (exact) mass is 537 g/mol. The number of carbonyl (C=O) groups is 1. The zero-order valence-corrected chi connectivity index (χ0v) is 23.2. The summed E-state index contributed by atoms with van der Waals surface area (Å²) in [7, 11) is 0. The largest absolute Gasteiger partial charge is 0.390 e. The zero-order chi connectivity index (χ0) is 28.2. The molecule has 3 aromatic carbocycles. The first-order valence-corrected chi connectivity index (χ1v) is 13.8. The van der Waals surface area contributed by atoms with E-state index in [0.29, 0.717) is 24.2 Å². The summed E-state index contributed by atoms with van der Waals surface area (Å²) in [5.74, 6) is -1.74. The summed E-state index contributed by atoms with van der Waals surface area (Å²) < 4.78 is 27.8. The minimum atomic E-state index is -0.991. The van der Waals surface area contributed by atoms with Crippen LogP contribution in [0.5, 0.6) is 0 Å². The van der Waals surface area contributed by atoms with Crippen LogP contribution in [0.3, 0.4) is 0 Å². The lowest BCUT2D eigenvalue weighted by Gasteiger charge is -2.25. The Morgan fingerprint density at radius 2 is 1.59 bits per heavy atom. The highest BCUT2D eigenvalue weighted by Gasteiger charge is 2.23. The molecule has 0 aromatic heterocycles. The van der Waals surface area contributed by atoms with Crippen molar-refractivity contribution < 1.29 is 18.7 Å². The van der Waals surface area contributed by atoms with Crippen molar-refractivity contribution in [2.75, 3.05) is 13.1 Å². The van der Waals surface area contributed by atoms with Crippen LogP contribution in [0.1, 0.15) is 64.9 Å². The molecule has 0 aliphatic rings. The molecule has 0 aliphatic carbocycles. The summed E-state index contributed by atoms with van der Waals surface area (Å²) in [6.07, 6.45) is 2.20. The average Bonchev–Trinajstić information content (AvgIpc) is 2.90. The maximum atomic E-state index is 13.9. The normalized spacial score (nSPS) is 12.8. The van der Waals surface area contributed by atoms with Gasteiger partial charge >= 0.3 is 0 Å². The van der Waals surface area contributed by atoms with Gasteiger partial charge in [0.15, 0.2) is 0 Å². The van der Waals surface area contributed by atoms with Gasteiger partial charge in [0, 0.05) is 31.3 Å². The van der Waals surface area contributed by atoms with Gasteiger partial charge in [0.25, 0.3) is 5.91 Å². The first-order chi connectivity index (χ1) is 18.8. The molecule has 0 saturated carbocycles. The van der Waals surface area contributed by atoms with Gasteiger partial charge in [-0.15, -0.1) is 0 Å². The molecule has 0 bridgehead atoms. The number of carbonyl (C=O) groups excluding carboxylic acids is 1. The van der Waals surface area contributed by atoms with Crippen LogP contribution < -0.4 is 16.0 Å². The summed E-state index contributed by atoms with van der Waals surface area (Å²) in [6.45, 7) is 8.47. The molecule has 7 heteroatoms. The van der Waals surface area contributed by atoms with Gasteiger partial charge in [0.1, 0.15) is 11.6 Å². The number of nitrogens with one attached hydrogen (secondary N) is 3. The van der Waals surface area contributed by atoms with E-state index in [-0.39, 0.29) is 18.9 Å². The maximum Gasteiger partial charge on any atom is 0.251 e. The number of aliphatic hydroxyl groups excluding tert-OH is 1. The molecular formula is C32H41F2N3O2. The van der Waals surface area contributed by atoms with Crippen molar-refractivity contribution in [2.45, 2.75) is 71.7 Å². The molecule has 0 saturated heterocycles. The zero-order valence-electron chi connectivity index (χ0n) is 23.2. The summed E-state index contributed by atoms with van der Waals surface area (Å²) in [5.41, 5.74) is 5.11. The predicted molar refractivity (Wildman–Crippen MR) is 153 cm³/mol. The molecule has 0 spiro atoms. The van der Waals surface area contributed by atoms with Crippen LogP contribution in [0.15, 0.2) is 60.7 Å². The van der Waals surface area contributed by atoms with Gasteiger partial charge in [-0.3, -0.25) is 4.79 Å². The summed E-state index contributed by atoms with van der Waals surface area (Å²) in [4.78, 5) is 13.3. The number of rotatable bonds is 15. The second-order valence-electron chi connectivity index (χ2n) is 10.2. The van der Waals surface area contributed by atoms with E-state index < -0.39 is 23.8 Å². The molecule has 2 unspecified atom stereocenters. The highest BCUT2D eigenvalue weighted by Crippen LogP contribution is 2.15. The number of benzene rings is 3. The minimum Gasteiger partial charge on any atom is -0.390 e. The fraction of sp³-hybridized carbons (Fsp3) is 0.406. The van der Waals surface area contributed by atoms with Crippen molar-refractivity contribution in [1.29, 1.82) is 0 Å². The Morgan fingerprint density at radius 3 is 2.31 bits per heavy atom. The summed E-state index contributed by atoms with van der Waals surface area (Å²) >= 11 is 0. The van der Waals surface area contributed by atoms with E-state index in [4.69, 9.17) is 0 Å². The number of hydrogen-bond acceptors (Lipinski definition) is 4. The topological polar surface area (TPSA) is 73.4 Å². The summed E-state index contributed by atoms with van der Waals surface area (Å²) in [5, 5.41) is 20.6. The standard InChI is InChI=1S/C32H41F2N3O2/c1-4-6-10-35-20-26-11-22(3)12-27(14-26)32(39)37-30(17-25-15-28(33)18-29(34)16-25)31(38)21-36-19-24-9-7-8-23(5-2)13-24/h7-9,11-16,18,30-31,35-36,38H,4-6,10,17,19-21H2,1-3H3,(H,37,39). The fourth-order valence-corrected chi connectivity index (χ4v) is 4.61. The van der Waals surface area contributed by atoms with E-state index in [0.717, 1.165) is 48.6 Å². The molecular weight excluding hydrogens is 496 g/mol. The van der Waals surface area contributed by atoms with Gasteiger partial charge in [-0.25, -0.2) is 8.78 Å². The highest BCUT2D eigenvalue weighted by atomic mass is 19.1. The van der Waals surface area contributed by atoms with Crippen molar-refractivity contribution in [2.24, 2.45) is 0 Å². The fourth-order valence-electron chi connectivity index (χ4n) is 4.61. The lowest BCUT2D eigenvalue weighted by Crippen LogP contribution is -2.48. The Balaban J connectivity index is 1.72. The van der Waals surface area contributed by atoms with E-state index in [9.17, 15) is 18.7 Å². The van der Waals surface area contributed by atoms with E-state index in [1.54, 1.807) is 6.07 Å². The van der Waals surface area contributed by atoms with Crippen LogP contribution in [-0.4, -0.2) is 36.2 Å². The molecule has 39 heavy (non-hydrogen) atoms. The van der Waals surface area contributed by atoms with Crippen LogP contribution in [0.4, 0.5) is 8.78 Å². The Labute approximate surface area is 231 Å². The van der Waals surface area contributed by atoms with Crippen molar-refractivity contribution in [3.05, 3.63) is 106 Å². The molecule has 4 N–H and O–H groups in total. The van der Waals surface area contributed by atoms with Crippen LogP contribution >= 0.6 is 0 Å². The average molecular weight is 538 g/mol. The van der Waals surface area contributed by atoms with Crippen LogP contribution in [0, 0.1) is 18.6 Å². The van der Waals surface area contributed by atoms with E-state index in [2.05, 4.69) is 41.9 Å². The van der Waals surface area contributed by atoms with Gasteiger partial charge in [0.05, 0.1) is 12.1 Å². The molecule has 0 aliphatic heterocycles. The number of unbranched alkanes of at least 4 members (excludes halogenated alkanes) is 1. The molecule has 0 radical (unpaired) electrons. The van der Waals surface area contributed by atoms with Gasteiger partial charge in [0.2, 0.25) is 0 Å². The number of amides is 1. The van der Waals surface area contributed by atoms with Crippen molar-refractivity contribution >= 4 is 5.91 Å². The lowest BCUT2D eigenvalue weighted by molar-refractivity contribution is 0.0829. The van der Waals surface area contributed by atoms with E-state index in [1.807, 2.05) is 31.2 Å². The first kappa shape index (κ1) is 30.4. The molecule has 1 amide bonds. The molecule has 210 valence electrons. The van der Waals surface area contributed by atoms with Gasteiger partial charge in [-0.05, 0) is 79.3 Å². The van der Waals surface area contributed by atoms with Crippen LogP contribution in [-0.2, 0) is 25.9 Å². The lowest BCUT2D eigenvalue weighted by atomic mass is 9.99. The number of aryl methyl sites for hydroxylation is 2. The second-order valence-corrected chi connectivity index (χ2v) is 10.2. The number of halogens is 2. The number of aliphatic hydroxyl groups is 1. The Hall–Kier alpha value is -3.13. The van der Waals surface area contributed by atoms with Crippen LogP contribution in [0.2, 0.25) is 0 Å². The van der Waals surface area contributed by atoms with Crippen LogP contribution in [0.25, 0.3) is 0 Å². The van der Waals surface area contributed by atoms with Gasteiger partial charge < -0.3 is 21.1 Å². The predicted octanol–water partition coefficient (Wildman–Crippen LogP) is 5.22. The minimum absolute atomic E-state index is 0.0752. The molecule has 3 aromatic rings. The molecule has 0 heterocycles. The Kier molecular flexibility index (Phi) is 12.1. The second kappa shape index (κ2) is 15.5. The number of hydrogen-bond donors (Lipinski definition) is 4. The third kappa shape index (κ3) is 10.2. The third-order valence-electron chi connectivity index (χ3n) is 6.68. The van der Waals surface area contributed by atoms with E-state index >= 15 is 0 Å². The van der Waals surface area contributed by atoms with E-state index in [1.165, 1.54) is 17.7 Å². The molecule has 2 atom stereocenters. The highest BCUT2D eigenvalue weighted by molar-refractivity contribution is 5.94. The van der Waals surface area contributed by atoms with Crippen molar-refractivity contribution in [1.82, 2.24) is 16.0 Å². The molecule has 5 nitrogen and oxygen atoms in total. The van der Waals surface area contributed by atoms with Crippen molar-refractivity contribution in [3.63, 3.8) is 0 Å². The summed E-state index contributed by atoms with van der Waals surface area (Å²) in [6, 6.07) is 16.4. The third-order valence-corrected chi connectivity index (χ3v) is 6.68. The SMILES string of the molecule is CCCCNCc1cc(C)cc(C(=O)NC(Cc2cc(F)cc(F)c2)C(O)CNCc2cccc(CC)c2)c1.